The van der Waals surface area contributed by atoms with Crippen LogP contribution in [0.4, 0.5) is 0 Å². The van der Waals surface area contributed by atoms with Crippen molar-refractivity contribution >= 4 is 11.8 Å². The van der Waals surface area contributed by atoms with Crippen LogP contribution in [-0.4, -0.2) is 65.8 Å². The van der Waals surface area contributed by atoms with Gasteiger partial charge in [0.25, 0.3) is 0 Å². The fourth-order valence-corrected chi connectivity index (χ4v) is 3.78. The summed E-state index contributed by atoms with van der Waals surface area (Å²) in [5.74, 6) is 0.507. The normalized spacial score (nSPS) is 19.9. The van der Waals surface area contributed by atoms with Crippen LogP contribution in [0.3, 0.4) is 0 Å². The van der Waals surface area contributed by atoms with E-state index in [0.29, 0.717) is 0 Å². The number of carbonyl (C=O) groups is 2. The molecule has 5 heteroatoms. The molecular formula is C20H29N3O2. The zero-order valence-electron chi connectivity index (χ0n) is 15.4. The molecule has 0 aliphatic carbocycles. The minimum atomic E-state index is 0.0965. The summed E-state index contributed by atoms with van der Waals surface area (Å²) in [7, 11) is 0. The van der Waals surface area contributed by atoms with Crippen molar-refractivity contribution < 1.29 is 9.59 Å². The molecule has 0 bridgehead atoms. The molecule has 0 aromatic heterocycles. The van der Waals surface area contributed by atoms with Crippen molar-refractivity contribution in [3.63, 3.8) is 0 Å². The van der Waals surface area contributed by atoms with Crippen molar-refractivity contribution in [2.24, 2.45) is 5.92 Å². The third kappa shape index (κ3) is 4.60. The highest BCUT2D eigenvalue weighted by molar-refractivity contribution is 5.80. The van der Waals surface area contributed by atoms with Gasteiger partial charge in [-0.05, 0) is 25.3 Å². The maximum absolute atomic E-state index is 12.7. The molecule has 3 rings (SSSR count). The second kappa shape index (κ2) is 8.00. The number of amides is 2. The summed E-state index contributed by atoms with van der Waals surface area (Å²) in [4.78, 5) is 30.4. The Labute approximate surface area is 150 Å². The molecule has 2 fully saturated rings. The van der Waals surface area contributed by atoms with Gasteiger partial charge in [0, 0.05) is 58.7 Å². The Kier molecular flexibility index (Phi) is 5.74. The summed E-state index contributed by atoms with van der Waals surface area (Å²) in [6.07, 6.45) is 1.62. The highest BCUT2D eigenvalue weighted by Crippen LogP contribution is 2.21. The number of rotatable bonds is 3. The molecule has 0 N–H and O–H groups in total. The van der Waals surface area contributed by atoms with E-state index in [1.807, 2.05) is 9.80 Å². The van der Waals surface area contributed by atoms with Crippen LogP contribution < -0.4 is 0 Å². The number of piperazine rings is 1. The number of hydrogen-bond donors (Lipinski definition) is 0. The Balaban J connectivity index is 1.45. The summed E-state index contributed by atoms with van der Waals surface area (Å²) in [6.45, 7) is 9.62. The van der Waals surface area contributed by atoms with E-state index in [1.165, 1.54) is 11.1 Å². The van der Waals surface area contributed by atoms with E-state index in [1.54, 1.807) is 6.92 Å². The lowest BCUT2D eigenvalue weighted by Crippen LogP contribution is -2.51. The lowest BCUT2D eigenvalue weighted by Gasteiger charge is -2.38. The fourth-order valence-electron chi connectivity index (χ4n) is 3.78. The average molecular weight is 343 g/mol. The smallest absolute Gasteiger partial charge is 0.225 e. The Hall–Kier alpha value is -1.88. The van der Waals surface area contributed by atoms with Gasteiger partial charge < -0.3 is 9.80 Å². The summed E-state index contributed by atoms with van der Waals surface area (Å²) in [5, 5.41) is 0. The highest BCUT2D eigenvalue weighted by atomic mass is 16.2. The molecule has 2 aliphatic rings. The van der Waals surface area contributed by atoms with Gasteiger partial charge in [-0.2, -0.15) is 0 Å². The third-order valence-electron chi connectivity index (χ3n) is 5.50. The van der Waals surface area contributed by atoms with Gasteiger partial charge in [0.1, 0.15) is 0 Å². The Bertz CT molecular complexity index is 598. The van der Waals surface area contributed by atoms with Crippen molar-refractivity contribution in [2.75, 3.05) is 39.3 Å². The predicted molar refractivity (Wildman–Crippen MR) is 98.0 cm³/mol. The number of aryl methyl sites for hydroxylation is 1. The van der Waals surface area contributed by atoms with Crippen LogP contribution in [0.5, 0.6) is 0 Å². The molecule has 0 atom stereocenters. The van der Waals surface area contributed by atoms with Crippen LogP contribution >= 0.6 is 0 Å². The van der Waals surface area contributed by atoms with Crippen molar-refractivity contribution in [1.82, 2.24) is 14.7 Å². The van der Waals surface area contributed by atoms with Crippen molar-refractivity contribution in [3.05, 3.63) is 35.4 Å². The Morgan fingerprint density at radius 2 is 1.52 bits per heavy atom. The maximum atomic E-state index is 12.7. The largest absolute Gasteiger partial charge is 0.343 e. The predicted octanol–water partition coefficient (Wildman–Crippen LogP) is 1.90. The molecule has 2 aliphatic heterocycles. The molecule has 25 heavy (non-hydrogen) atoms. The van der Waals surface area contributed by atoms with Crippen molar-refractivity contribution in [3.8, 4) is 0 Å². The molecule has 5 nitrogen and oxygen atoms in total. The summed E-state index contributed by atoms with van der Waals surface area (Å²) < 4.78 is 0. The van der Waals surface area contributed by atoms with E-state index in [-0.39, 0.29) is 17.7 Å². The van der Waals surface area contributed by atoms with Gasteiger partial charge >= 0.3 is 0 Å². The van der Waals surface area contributed by atoms with Crippen molar-refractivity contribution in [2.45, 2.75) is 33.2 Å². The van der Waals surface area contributed by atoms with Crippen LogP contribution in [0, 0.1) is 12.8 Å². The van der Waals surface area contributed by atoms with Crippen LogP contribution in [0.2, 0.25) is 0 Å². The molecule has 2 amide bonds. The monoisotopic (exact) mass is 343 g/mol. The molecular weight excluding hydrogens is 314 g/mol. The molecule has 1 aromatic rings. The van der Waals surface area contributed by atoms with Gasteiger partial charge in [0.2, 0.25) is 11.8 Å². The summed E-state index contributed by atoms with van der Waals surface area (Å²) in [5.41, 5.74) is 2.62. The first kappa shape index (κ1) is 17.9. The number of benzene rings is 1. The van der Waals surface area contributed by atoms with Crippen LogP contribution in [0.15, 0.2) is 24.3 Å². The van der Waals surface area contributed by atoms with E-state index >= 15 is 0 Å². The standard InChI is InChI=1S/C20H29N3O2/c1-16-3-5-18(6-4-16)15-21-11-13-23(14-12-21)20(25)19-7-9-22(10-8-19)17(2)24/h3-6,19H,7-15H2,1-2H3. The number of likely N-dealkylation sites (tertiary alicyclic amines) is 1. The van der Waals surface area contributed by atoms with E-state index in [0.717, 1.165) is 58.7 Å². The SMILES string of the molecule is CC(=O)N1CCC(C(=O)N2CCN(Cc3ccc(C)cc3)CC2)CC1. The maximum Gasteiger partial charge on any atom is 0.225 e. The minimum absolute atomic E-state index is 0.0965. The molecule has 2 heterocycles. The number of nitrogens with zero attached hydrogens (tertiary/aromatic N) is 3. The van der Waals surface area contributed by atoms with Gasteiger partial charge in [0.15, 0.2) is 0 Å². The lowest BCUT2D eigenvalue weighted by molar-refractivity contribution is -0.141. The Morgan fingerprint density at radius 3 is 2.08 bits per heavy atom. The van der Waals surface area contributed by atoms with Crippen LogP contribution in [0.1, 0.15) is 30.9 Å². The number of hydrogen-bond acceptors (Lipinski definition) is 3. The molecule has 136 valence electrons. The van der Waals surface area contributed by atoms with Gasteiger partial charge in [-0.1, -0.05) is 29.8 Å². The Morgan fingerprint density at radius 1 is 0.920 bits per heavy atom. The minimum Gasteiger partial charge on any atom is -0.343 e. The molecule has 0 unspecified atom stereocenters. The van der Waals surface area contributed by atoms with Gasteiger partial charge in [-0.25, -0.2) is 0 Å². The fraction of sp³-hybridized carbons (Fsp3) is 0.600. The van der Waals surface area contributed by atoms with Gasteiger partial charge in [-0.3, -0.25) is 14.5 Å². The lowest BCUT2D eigenvalue weighted by atomic mass is 9.95. The second-order valence-electron chi connectivity index (χ2n) is 7.37. The molecule has 1 aromatic carbocycles. The molecule has 0 radical (unpaired) electrons. The zero-order valence-corrected chi connectivity index (χ0v) is 15.4. The van der Waals surface area contributed by atoms with Gasteiger partial charge in [0.05, 0.1) is 0 Å². The molecule has 0 saturated carbocycles. The second-order valence-corrected chi connectivity index (χ2v) is 7.37. The van der Waals surface area contributed by atoms with E-state index in [4.69, 9.17) is 0 Å². The van der Waals surface area contributed by atoms with E-state index in [2.05, 4.69) is 36.1 Å². The summed E-state index contributed by atoms with van der Waals surface area (Å²) in [6, 6.07) is 8.69. The average Bonchev–Trinajstić information content (AvgIpc) is 2.64. The van der Waals surface area contributed by atoms with Crippen LogP contribution in [-0.2, 0) is 16.1 Å². The van der Waals surface area contributed by atoms with Crippen LogP contribution in [0.25, 0.3) is 0 Å². The quantitative estimate of drug-likeness (QED) is 0.842. The number of carbonyl (C=O) groups excluding carboxylic acids is 2. The van der Waals surface area contributed by atoms with E-state index < -0.39 is 0 Å². The highest BCUT2D eigenvalue weighted by Gasteiger charge is 2.30. The first-order chi connectivity index (χ1) is 12.0. The number of piperidine rings is 1. The third-order valence-corrected chi connectivity index (χ3v) is 5.50. The van der Waals surface area contributed by atoms with Crippen molar-refractivity contribution in [1.29, 1.82) is 0 Å². The zero-order chi connectivity index (χ0) is 17.8. The summed E-state index contributed by atoms with van der Waals surface area (Å²) >= 11 is 0. The molecule has 0 spiro atoms. The van der Waals surface area contributed by atoms with Gasteiger partial charge in [-0.15, -0.1) is 0 Å². The molecule has 2 saturated heterocycles. The first-order valence-corrected chi connectivity index (χ1v) is 9.35. The topological polar surface area (TPSA) is 43.9 Å². The van der Waals surface area contributed by atoms with E-state index in [9.17, 15) is 9.59 Å². The first-order valence-electron chi connectivity index (χ1n) is 9.35.